The van der Waals surface area contributed by atoms with E-state index in [1.54, 1.807) is 17.1 Å². The predicted molar refractivity (Wildman–Crippen MR) is 81.0 cm³/mol. The highest BCUT2D eigenvalue weighted by molar-refractivity contribution is 5.75. The molecule has 4 heterocycles. The number of ether oxygens (including phenoxy) is 1. The fourth-order valence-electron chi connectivity index (χ4n) is 2.59. The van der Waals surface area contributed by atoms with Crippen molar-refractivity contribution in [1.82, 2.24) is 24.7 Å². The van der Waals surface area contributed by atoms with Crippen LogP contribution in [-0.4, -0.2) is 31.3 Å². The van der Waals surface area contributed by atoms with Crippen molar-refractivity contribution in [1.29, 1.82) is 0 Å². The van der Waals surface area contributed by atoms with E-state index in [-0.39, 0.29) is 0 Å². The molecule has 1 aliphatic heterocycles. The Kier molecular flexibility index (Phi) is 2.96. The van der Waals surface area contributed by atoms with Crippen LogP contribution in [0.2, 0.25) is 0 Å². The Labute approximate surface area is 127 Å². The first-order valence-corrected chi connectivity index (χ1v) is 6.97. The van der Waals surface area contributed by atoms with E-state index in [0.29, 0.717) is 12.4 Å². The Hall–Kier alpha value is -2.96. The van der Waals surface area contributed by atoms with Crippen molar-refractivity contribution in [3.8, 4) is 16.9 Å². The molecule has 0 unspecified atom stereocenters. The van der Waals surface area contributed by atoms with E-state index in [4.69, 9.17) is 4.74 Å². The van der Waals surface area contributed by atoms with Crippen LogP contribution < -0.4 is 10.1 Å². The van der Waals surface area contributed by atoms with Crippen LogP contribution >= 0.6 is 0 Å². The smallest absolute Gasteiger partial charge is 0.173 e. The van der Waals surface area contributed by atoms with Crippen LogP contribution in [0.3, 0.4) is 0 Å². The van der Waals surface area contributed by atoms with Crippen molar-refractivity contribution in [2.24, 2.45) is 7.05 Å². The predicted octanol–water partition coefficient (Wildman–Crippen LogP) is 1.95. The molecule has 0 bridgehead atoms. The van der Waals surface area contributed by atoms with Crippen LogP contribution in [0.4, 0.5) is 11.5 Å². The molecule has 0 aliphatic carbocycles. The summed E-state index contributed by atoms with van der Waals surface area (Å²) < 4.78 is 7.56. The number of hydrogen-bond donors (Lipinski definition) is 1. The molecular formula is C15H14N6O. The molecule has 0 saturated heterocycles. The van der Waals surface area contributed by atoms with Crippen molar-refractivity contribution in [3.63, 3.8) is 0 Å². The molecule has 1 aliphatic rings. The summed E-state index contributed by atoms with van der Waals surface area (Å²) in [7, 11) is 1.90. The van der Waals surface area contributed by atoms with Gasteiger partial charge in [0.25, 0.3) is 0 Å². The summed E-state index contributed by atoms with van der Waals surface area (Å²) >= 11 is 0. The van der Waals surface area contributed by atoms with Crippen LogP contribution in [0.25, 0.3) is 11.1 Å². The fraction of sp³-hybridized carbons (Fsp3) is 0.200. The van der Waals surface area contributed by atoms with Crippen molar-refractivity contribution in [3.05, 3.63) is 42.9 Å². The molecule has 22 heavy (non-hydrogen) atoms. The topological polar surface area (TPSA) is 77.8 Å². The molecule has 4 rings (SSSR count). The third kappa shape index (κ3) is 2.16. The zero-order valence-electron chi connectivity index (χ0n) is 12.0. The zero-order valence-corrected chi connectivity index (χ0v) is 12.0. The summed E-state index contributed by atoms with van der Waals surface area (Å²) in [6, 6.07) is 0. The molecule has 0 aromatic carbocycles. The molecule has 110 valence electrons. The fourth-order valence-corrected chi connectivity index (χ4v) is 2.59. The van der Waals surface area contributed by atoms with Gasteiger partial charge in [-0.1, -0.05) is 0 Å². The molecule has 0 saturated carbocycles. The molecule has 3 aromatic heterocycles. The average molecular weight is 294 g/mol. The van der Waals surface area contributed by atoms with E-state index < -0.39 is 0 Å². The average Bonchev–Trinajstić information content (AvgIpc) is 3.18. The van der Waals surface area contributed by atoms with Gasteiger partial charge in [-0.15, -0.1) is 0 Å². The first kappa shape index (κ1) is 12.8. The molecule has 0 fully saturated rings. The lowest BCUT2D eigenvalue weighted by Gasteiger charge is -2.11. The van der Waals surface area contributed by atoms with E-state index >= 15 is 0 Å². The number of aromatic nitrogens is 5. The molecule has 7 heteroatoms. The van der Waals surface area contributed by atoms with Crippen molar-refractivity contribution in [2.45, 2.75) is 6.42 Å². The van der Waals surface area contributed by atoms with Gasteiger partial charge < -0.3 is 10.1 Å². The van der Waals surface area contributed by atoms with Gasteiger partial charge in [-0.05, 0) is 0 Å². The first-order valence-electron chi connectivity index (χ1n) is 6.97. The van der Waals surface area contributed by atoms with Crippen molar-refractivity contribution in [2.75, 3.05) is 11.9 Å². The van der Waals surface area contributed by atoms with Crippen LogP contribution in [0.1, 0.15) is 5.56 Å². The van der Waals surface area contributed by atoms with E-state index in [1.165, 1.54) is 6.33 Å². The van der Waals surface area contributed by atoms with Gasteiger partial charge in [-0.3, -0.25) is 4.68 Å². The van der Waals surface area contributed by atoms with Gasteiger partial charge in [-0.2, -0.15) is 5.10 Å². The highest BCUT2D eigenvalue weighted by Gasteiger charge is 2.23. The minimum absolute atomic E-state index is 0.661. The summed E-state index contributed by atoms with van der Waals surface area (Å²) in [6.45, 7) is 0.661. The van der Waals surface area contributed by atoms with Crippen LogP contribution in [0.5, 0.6) is 5.75 Å². The third-order valence-corrected chi connectivity index (χ3v) is 3.57. The number of aryl methyl sites for hydroxylation is 1. The van der Waals surface area contributed by atoms with Gasteiger partial charge in [0, 0.05) is 42.6 Å². The van der Waals surface area contributed by atoms with Crippen molar-refractivity contribution >= 4 is 11.5 Å². The zero-order chi connectivity index (χ0) is 14.9. The van der Waals surface area contributed by atoms with Gasteiger partial charge in [-0.25, -0.2) is 15.0 Å². The van der Waals surface area contributed by atoms with Gasteiger partial charge in [0.05, 0.1) is 30.9 Å². The third-order valence-electron chi connectivity index (χ3n) is 3.57. The van der Waals surface area contributed by atoms with Gasteiger partial charge in [0.2, 0.25) is 0 Å². The minimum Gasteiger partial charge on any atom is -0.489 e. The first-order chi connectivity index (χ1) is 10.8. The second-order valence-corrected chi connectivity index (χ2v) is 5.08. The number of nitrogens with one attached hydrogen (secondary N) is 1. The second kappa shape index (κ2) is 5.10. The number of fused-ring (bicyclic) bond motifs is 1. The lowest BCUT2D eigenvalue weighted by molar-refractivity contribution is 0.357. The number of nitrogens with zero attached hydrogens (tertiary/aromatic N) is 5. The monoisotopic (exact) mass is 294 g/mol. The highest BCUT2D eigenvalue weighted by atomic mass is 16.5. The number of hydrogen-bond acceptors (Lipinski definition) is 6. The maximum atomic E-state index is 5.78. The SMILES string of the molecule is Cn1cc(-c2cnc(Nc3cncnc3)c3c2CCO3)cn1. The van der Waals surface area contributed by atoms with Gasteiger partial charge in [0.15, 0.2) is 11.6 Å². The lowest BCUT2D eigenvalue weighted by atomic mass is 10.0. The maximum absolute atomic E-state index is 5.78. The second-order valence-electron chi connectivity index (χ2n) is 5.08. The van der Waals surface area contributed by atoms with E-state index in [0.717, 1.165) is 34.5 Å². The molecule has 7 nitrogen and oxygen atoms in total. The molecule has 0 amide bonds. The molecular weight excluding hydrogens is 280 g/mol. The van der Waals surface area contributed by atoms with E-state index in [9.17, 15) is 0 Å². The summed E-state index contributed by atoms with van der Waals surface area (Å²) in [5.41, 5.74) is 4.05. The Morgan fingerprint density at radius 3 is 2.82 bits per heavy atom. The Morgan fingerprint density at radius 1 is 1.18 bits per heavy atom. The van der Waals surface area contributed by atoms with Crippen molar-refractivity contribution < 1.29 is 4.74 Å². The van der Waals surface area contributed by atoms with Crippen LogP contribution in [-0.2, 0) is 13.5 Å². The summed E-state index contributed by atoms with van der Waals surface area (Å²) in [6.07, 6.45) is 11.4. The number of anilines is 2. The minimum atomic E-state index is 0.661. The van der Waals surface area contributed by atoms with E-state index in [2.05, 4.69) is 25.4 Å². The molecule has 0 atom stereocenters. The maximum Gasteiger partial charge on any atom is 0.173 e. The number of pyridine rings is 1. The Morgan fingerprint density at radius 2 is 2.05 bits per heavy atom. The lowest BCUT2D eigenvalue weighted by Crippen LogP contribution is -1.98. The molecule has 0 spiro atoms. The Balaban J connectivity index is 1.75. The molecule has 1 N–H and O–H groups in total. The highest BCUT2D eigenvalue weighted by Crippen LogP contribution is 2.39. The summed E-state index contributed by atoms with van der Waals surface area (Å²) in [4.78, 5) is 12.5. The van der Waals surface area contributed by atoms with E-state index in [1.807, 2.05) is 25.6 Å². The largest absolute Gasteiger partial charge is 0.489 e. The summed E-state index contributed by atoms with van der Waals surface area (Å²) in [5, 5.41) is 7.43. The quantitative estimate of drug-likeness (QED) is 0.795. The normalized spacial score (nSPS) is 12.8. The Bertz CT molecular complexity index is 814. The number of rotatable bonds is 3. The molecule has 3 aromatic rings. The standard InChI is InChI=1S/C15H14N6O/c1-21-8-10(4-19-21)13-7-18-15(14-12(13)2-3-22-14)20-11-5-16-9-17-6-11/h4-9H,2-3H2,1H3,(H,18,20). The van der Waals surface area contributed by atoms with Gasteiger partial charge >= 0.3 is 0 Å². The van der Waals surface area contributed by atoms with Crippen LogP contribution in [0.15, 0.2) is 37.3 Å². The summed E-state index contributed by atoms with van der Waals surface area (Å²) in [5.74, 6) is 1.49. The van der Waals surface area contributed by atoms with Crippen LogP contribution in [0, 0.1) is 0 Å². The molecule has 0 radical (unpaired) electrons. The van der Waals surface area contributed by atoms with Gasteiger partial charge in [0.1, 0.15) is 6.33 Å².